The molecule has 1 fully saturated rings. The van der Waals surface area contributed by atoms with Crippen molar-refractivity contribution < 1.29 is 18.8 Å². The number of nitrogens with two attached hydrogens (primary N) is 1. The molecule has 2 aromatic carbocycles. The Morgan fingerprint density at radius 1 is 1.09 bits per heavy atom. The van der Waals surface area contributed by atoms with Crippen LogP contribution in [0.5, 0.6) is 0 Å². The van der Waals surface area contributed by atoms with Crippen LogP contribution in [0.25, 0.3) is 22.6 Å². The third-order valence-electron chi connectivity index (χ3n) is 5.71. The average Bonchev–Trinajstić information content (AvgIpc) is 3.48. The van der Waals surface area contributed by atoms with E-state index in [2.05, 4.69) is 10.3 Å². The van der Waals surface area contributed by atoms with E-state index in [0.29, 0.717) is 17.5 Å². The molecule has 174 valence electrons. The van der Waals surface area contributed by atoms with Gasteiger partial charge in [0.05, 0.1) is 0 Å². The molecule has 0 radical (unpaired) electrons. The Hall–Kier alpha value is -3.68. The van der Waals surface area contributed by atoms with Gasteiger partial charge in [0.1, 0.15) is 11.6 Å². The molecule has 1 atom stereocenters. The van der Waals surface area contributed by atoms with Crippen LogP contribution in [0.1, 0.15) is 49.9 Å². The van der Waals surface area contributed by atoms with Crippen LogP contribution in [0.2, 0.25) is 0 Å². The van der Waals surface area contributed by atoms with Gasteiger partial charge in [-0.05, 0) is 56.2 Å². The standard InChI is InChI=1S/C20H20N2O2.C5H10N2O2/c1-22(16-6-2-3-7-16)20(23)15-12-10-14(11-13-15)19-21-17-8-4-5-9-18(17)24-19;1-3(5(6)9)7-4(2)8/h4-5,8-13,16H,2-3,6-7H2,1H3;3H,1-2H3,(H2,6,9)(H,7,8)/t;3-/m.0/s1. The summed E-state index contributed by atoms with van der Waals surface area (Å²) in [6, 6.07) is 15.0. The average molecular weight is 451 g/mol. The number of primary amides is 1. The van der Waals surface area contributed by atoms with Crippen molar-refractivity contribution in [2.24, 2.45) is 5.73 Å². The van der Waals surface area contributed by atoms with Gasteiger partial charge in [-0.25, -0.2) is 4.98 Å². The van der Waals surface area contributed by atoms with Crippen LogP contribution in [0.3, 0.4) is 0 Å². The summed E-state index contributed by atoms with van der Waals surface area (Å²) in [5, 5.41) is 2.33. The fraction of sp³-hybridized carbons (Fsp3) is 0.360. The molecule has 4 rings (SSSR count). The van der Waals surface area contributed by atoms with Crippen molar-refractivity contribution in [2.45, 2.75) is 51.6 Å². The van der Waals surface area contributed by atoms with Gasteiger partial charge in [0.2, 0.25) is 17.7 Å². The number of nitrogens with one attached hydrogen (secondary N) is 1. The molecule has 8 heteroatoms. The van der Waals surface area contributed by atoms with Crippen molar-refractivity contribution in [3.8, 4) is 11.5 Å². The van der Waals surface area contributed by atoms with Gasteiger partial charge in [-0.1, -0.05) is 25.0 Å². The number of nitrogens with zero attached hydrogens (tertiary/aromatic N) is 2. The maximum atomic E-state index is 12.6. The SMILES string of the molecule is CC(=O)N[C@@H](C)C(N)=O.CN(C(=O)c1ccc(-c2nc3ccccc3o2)cc1)C1CCCC1. The van der Waals surface area contributed by atoms with E-state index in [0.717, 1.165) is 29.5 Å². The highest BCUT2D eigenvalue weighted by molar-refractivity contribution is 5.94. The second-order valence-electron chi connectivity index (χ2n) is 8.24. The quantitative estimate of drug-likeness (QED) is 0.617. The molecule has 0 unspecified atom stereocenters. The van der Waals surface area contributed by atoms with Crippen LogP contribution in [0.15, 0.2) is 52.9 Å². The van der Waals surface area contributed by atoms with E-state index in [1.807, 2.05) is 60.5 Å². The monoisotopic (exact) mass is 450 g/mol. The van der Waals surface area contributed by atoms with E-state index in [1.54, 1.807) is 0 Å². The zero-order valence-electron chi connectivity index (χ0n) is 19.2. The lowest BCUT2D eigenvalue weighted by atomic mass is 10.1. The van der Waals surface area contributed by atoms with Crippen LogP contribution in [0.4, 0.5) is 0 Å². The minimum atomic E-state index is -0.567. The maximum Gasteiger partial charge on any atom is 0.253 e. The smallest absolute Gasteiger partial charge is 0.253 e. The molecule has 1 saturated carbocycles. The first-order valence-electron chi connectivity index (χ1n) is 11.1. The Bertz CT molecular complexity index is 1080. The summed E-state index contributed by atoms with van der Waals surface area (Å²) in [6.07, 6.45) is 4.67. The largest absolute Gasteiger partial charge is 0.436 e. The number of aromatic nitrogens is 1. The molecule has 0 aliphatic heterocycles. The predicted molar refractivity (Wildman–Crippen MR) is 126 cm³/mol. The van der Waals surface area contributed by atoms with Gasteiger partial charge < -0.3 is 20.4 Å². The van der Waals surface area contributed by atoms with Crippen LogP contribution in [0, 0.1) is 0 Å². The lowest BCUT2D eigenvalue weighted by molar-refractivity contribution is -0.125. The van der Waals surface area contributed by atoms with E-state index in [4.69, 9.17) is 10.2 Å². The van der Waals surface area contributed by atoms with Gasteiger partial charge in [-0.3, -0.25) is 14.4 Å². The van der Waals surface area contributed by atoms with E-state index in [-0.39, 0.29) is 11.8 Å². The summed E-state index contributed by atoms with van der Waals surface area (Å²) in [5.41, 5.74) is 8.04. The van der Waals surface area contributed by atoms with Gasteiger partial charge >= 0.3 is 0 Å². The Morgan fingerprint density at radius 3 is 2.27 bits per heavy atom. The Morgan fingerprint density at radius 2 is 1.73 bits per heavy atom. The summed E-state index contributed by atoms with van der Waals surface area (Å²) < 4.78 is 5.78. The van der Waals surface area contributed by atoms with Gasteiger partial charge in [0.15, 0.2) is 5.58 Å². The molecule has 0 spiro atoms. The highest BCUT2D eigenvalue weighted by Gasteiger charge is 2.24. The summed E-state index contributed by atoms with van der Waals surface area (Å²) in [4.78, 5) is 39.5. The third-order valence-corrected chi connectivity index (χ3v) is 5.71. The first kappa shape index (κ1) is 24.0. The molecule has 8 nitrogen and oxygen atoms in total. The molecule has 0 bridgehead atoms. The number of rotatable bonds is 5. The number of hydrogen-bond donors (Lipinski definition) is 2. The van der Waals surface area contributed by atoms with Crippen LogP contribution in [-0.4, -0.2) is 46.7 Å². The van der Waals surface area contributed by atoms with E-state index >= 15 is 0 Å². The van der Waals surface area contributed by atoms with Gasteiger partial charge in [0, 0.05) is 31.1 Å². The number of carbonyl (C=O) groups is 3. The molecule has 0 saturated heterocycles. The molecule has 1 aliphatic carbocycles. The van der Waals surface area contributed by atoms with Gasteiger partial charge in [0.25, 0.3) is 5.91 Å². The van der Waals surface area contributed by atoms with Crippen LogP contribution in [-0.2, 0) is 9.59 Å². The lowest BCUT2D eigenvalue weighted by Crippen LogP contribution is -2.41. The number of hydrogen-bond acceptors (Lipinski definition) is 5. The minimum absolute atomic E-state index is 0.0889. The topological polar surface area (TPSA) is 119 Å². The number of para-hydroxylation sites is 2. The summed E-state index contributed by atoms with van der Waals surface area (Å²) in [5.74, 6) is -0.100. The normalized spacial score (nSPS) is 14.3. The van der Waals surface area contributed by atoms with Gasteiger partial charge in [-0.15, -0.1) is 0 Å². The highest BCUT2D eigenvalue weighted by atomic mass is 16.3. The predicted octanol–water partition coefficient (Wildman–Crippen LogP) is 3.51. The zero-order valence-corrected chi connectivity index (χ0v) is 19.2. The molecule has 1 aliphatic rings. The van der Waals surface area contributed by atoms with E-state index < -0.39 is 11.9 Å². The Labute approximate surface area is 193 Å². The third kappa shape index (κ3) is 6.19. The molecule has 3 N–H and O–H groups in total. The second-order valence-corrected chi connectivity index (χ2v) is 8.24. The molecule has 3 amide bonds. The number of benzene rings is 2. The van der Waals surface area contributed by atoms with Crippen molar-refractivity contribution in [1.29, 1.82) is 0 Å². The molecular formula is C25H30N4O4. The first-order valence-corrected chi connectivity index (χ1v) is 11.1. The maximum absolute atomic E-state index is 12.6. The Balaban J connectivity index is 0.000000292. The number of amides is 3. The van der Waals surface area contributed by atoms with Crippen LogP contribution >= 0.6 is 0 Å². The van der Waals surface area contributed by atoms with E-state index in [1.165, 1.54) is 26.7 Å². The molecule has 1 heterocycles. The van der Waals surface area contributed by atoms with Crippen molar-refractivity contribution in [2.75, 3.05) is 7.05 Å². The van der Waals surface area contributed by atoms with Crippen LogP contribution < -0.4 is 11.1 Å². The molecule has 33 heavy (non-hydrogen) atoms. The number of carbonyl (C=O) groups excluding carboxylic acids is 3. The van der Waals surface area contributed by atoms with Gasteiger partial charge in [-0.2, -0.15) is 0 Å². The van der Waals surface area contributed by atoms with Crippen molar-refractivity contribution in [1.82, 2.24) is 15.2 Å². The fourth-order valence-electron chi connectivity index (χ4n) is 3.79. The number of oxazole rings is 1. The van der Waals surface area contributed by atoms with E-state index in [9.17, 15) is 14.4 Å². The zero-order chi connectivity index (χ0) is 24.0. The van der Waals surface area contributed by atoms with Crippen molar-refractivity contribution in [3.63, 3.8) is 0 Å². The highest BCUT2D eigenvalue weighted by Crippen LogP contribution is 2.26. The molecule has 1 aromatic heterocycles. The molecule has 3 aromatic rings. The Kier molecular flexibility index (Phi) is 7.82. The second kappa shape index (κ2) is 10.8. The summed E-state index contributed by atoms with van der Waals surface area (Å²) >= 11 is 0. The summed E-state index contributed by atoms with van der Waals surface area (Å²) in [6.45, 7) is 2.86. The lowest BCUT2D eigenvalue weighted by Gasteiger charge is -2.24. The molecular weight excluding hydrogens is 420 g/mol. The first-order chi connectivity index (χ1) is 15.8. The minimum Gasteiger partial charge on any atom is -0.436 e. The summed E-state index contributed by atoms with van der Waals surface area (Å²) in [7, 11) is 1.91. The van der Waals surface area contributed by atoms with Crippen molar-refractivity contribution >= 4 is 28.8 Å². The number of fused-ring (bicyclic) bond motifs is 1. The fourth-order valence-corrected chi connectivity index (χ4v) is 3.79. The van der Waals surface area contributed by atoms with Crippen molar-refractivity contribution in [3.05, 3.63) is 54.1 Å².